The number of anilines is 1. The minimum absolute atomic E-state index is 0.0437. The number of hydrogen-bond acceptors (Lipinski definition) is 5. The van der Waals surface area contributed by atoms with Crippen molar-refractivity contribution < 1.29 is 14.3 Å². The number of methoxy groups -OCH3 is 1. The molecule has 1 rings (SSSR count). The molecule has 0 spiro atoms. The first kappa shape index (κ1) is 16.0. The summed E-state index contributed by atoms with van der Waals surface area (Å²) in [5, 5.41) is 4.22. The second kappa shape index (κ2) is 6.93. The molecule has 0 unspecified atom stereocenters. The standard InChI is InChI=1S/C13H22N4O3/c1-5-6-16(8-12(19)20-4)11(18)7-17-10(3)13(14)9(2)15-17/h5-8,14H2,1-4H3. The third kappa shape index (κ3) is 3.72. The smallest absolute Gasteiger partial charge is 0.325 e. The van der Waals surface area contributed by atoms with Crippen molar-refractivity contribution in [2.45, 2.75) is 33.7 Å². The van der Waals surface area contributed by atoms with Crippen LogP contribution in [0.2, 0.25) is 0 Å². The van der Waals surface area contributed by atoms with Crippen LogP contribution in [-0.2, 0) is 20.9 Å². The quantitative estimate of drug-likeness (QED) is 0.767. The molecule has 0 radical (unpaired) electrons. The summed E-state index contributed by atoms with van der Waals surface area (Å²) in [6.45, 7) is 6.08. The van der Waals surface area contributed by atoms with E-state index in [0.29, 0.717) is 17.9 Å². The lowest BCUT2D eigenvalue weighted by Crippen LogP contribution is -2.39. The zero-order valence-corrected chi connectivity index (χ0v) is 12.5. The Hall–Kier alpha value is -2.05. The monoisotopic (exact) mass is 282 g/mol. The Morgan fingerprint density at radius 3 is 2.50 bits per heavy atom. The highest BCUT2D eigenvalue weighted by Crippen LogP contribution is 2.14. The van der Waals surface area contributed by atoms with E-state index in [4.69, 9.17) is 5.73 Å². The molecule has 1 amide bonds. The van der Waals surface area contributed by atoms with Crippen molar-refractivity contribution in [3.8, 4) is 0 Å². The average Bonchev–Trinajstić information content (AvgIpc) is 2.65. The molecule has 1 aromatic heterocycles. The van der Waals surface area contributed by atoms with Gasteiger partial charge < -0.3 is 15.4 Å². The Kier molecular flexibility index (Phi) is 5.54. The average molecular weight is 282 g/mol. The zero-order chi connectivity index (χ0) is 15.3. The molecule has 2 N–H and O–H groups in total. The summed E-state index contributed by atoms with van der Waals surface area (Å²) < 4.78 is 6.16. The molecular formula is C13H22N4O3. The minimum atomic E-state index is -0.431. The molecule has 0 aromatic carbocycles. The van der Waals surface area contributed by atoms with Crippen LogP contribution in [0.1, 0.15) is 24.7 Å². The SMILES string of the molecule is CCCN(CC(=O)OC)C(=O)Cn1nc(C)c(N)c1C. The third-order valence-corrected chi connectivity index (χ3v) is 3.12. The molecule has 0 fully saturated rings. The van der Waals surface area contributed by atoms with Gasteiger partial charge in [-0.2, -0.15) is 5.10 Å². The van der Waals surface area contributed by atoms with Crippen LogP contribution in [0.15, 0.2) is 0 Å². The van der Waals surface area contributed by atoms with Crippen LogP contribution in [0, 0.1) is 13.8 Å². The van der Waals surface area contributed by atoms with Crippen molar-refractivity contribution >= 4 is 17.6 Å². The van der Waals surface area contributed by atoms with E-state index in [1.54, 1.807) is 11.6 Å². The zero-order valence-electron chi connectivity index (χ0n) is 12.5. The van der Waals surface area contributed by atoms with E-state index >= 15 is 0 Å². The summed E-state index contributed by atoms with van der Waals surface area (Å²) >= 11 is 0. The number of nitrogens with two attached hydrogens (primary N) is 1. The Morgan fingerprint density at radius 2 is 2.05 bits per heavy atom. The van der Waals surface area contributed by atoms with Crippen molar-refractivity contribution in [3.05, 3.63) is 11.4 Å². The molecule has 0 aliphatic carbocycles. The van der Waals surface area contributed by atoms with Gasteiger partial charge in [0.25, 0.3) is 0 Å². The van der Waals surface area contributed by atoms with Crippen LogP contribution in [-0.4, -0.2) is 46.8 Å². The van der Waals surface area contributed by atoms with Crippen LogP contribution in [0.4, 0.5) is 5.69 Å². The number of carbonyl (C=O) groups excluding carboxylic acids is 2. The predicted octanol–water partition coefficient (Wildman–Crippen LogP) is 0.494. The number of nitrogens with zero attached hydrogens (tertiary/aromatic N) is 3. The summed E-state index contributed by atoms with van der Waals surface area (Å²) in [7, 11) is 1.30. The number of nitrogen functional groups attached to an aromatic ring is 1. The molecule has 0 saturated heterocycles. The van der Waals surface area contributed by atoms with Gasteiger partial charge in [0.1, 0.15) is 13.1 Å². The molecule has 1 heterocycles. The number of aromatic nitrogens is 2. The van der Waals surface area contributed by atoms with Gasteiger partial charge in [0.05, 0.1) is 24.2 Å². The van der Waals surface area contributed by atoms with Crippen molar-refractivity contribution in [2.24, 2.45) is 0 Å². The van der Waals surface area contributed by atoms with E-state index in [1.807, 2.05) is 13.8 Å². The van der Waals surface area contributed by atoms with Crippen molar-refractivity contribution in [1.82, 2.24) is 14.7 Å². The maximum atomic E-state index is 12.2. The van der Waals surface area contributed by atoms with Gasteiger partial charge in [-0.1, -0.05) is 6.92 Å². The normalized spacial score (nSPS) is 10.4. The van der Waals surface area contributed by atoms with Crippen LogP contribution >= 0.6 is 0 Å². The Balaban J connectivity index is 2.79. The number of hydrogen-bond donors (Lipinski definition) is 1. The topological polar surface area (TPSA) is 90.5 Å². The fourth-order valence-corrected chi connectivity index (χ4v) is 1.88. The highest BCUT2D eigenvalue weighted by Gasteiger charge is 2.19. The van der Waals surface area contributed by atoms with Gasteiger partial charge in [0.2, 0.25) is 5.91 Å². The fourth-order valence-electron chi connectivity index (χ4n) is 1.88. The summed E-state index contributed by atoms with van der Waals surface area (Å²) in [5.74, 6) is -0.609. The number of aryl methyl sites for hydroxylation is 1. The van der Waals surface area contributed by atoms with Crippen LogP contribution < -0.4 is 5.73 Å². The maximum Gasteiger partial charge on any atom is 0.325 e. The van der Waals surface area contributed by atoms with E-state index in [-0.39, 0.29) is 19.0 Å². The largest absolute Gasteiger partial charge is 0.468 e. The molecule has 7 nitrogen and oxygen atoms in total. The first-order chi connectivity index (χ1) is 9.40. The molecule has 0 atom stereocenters. The minimum Gasteiger partial charge on any atom is -0.468 e. The highest BCUT2D eigenvalue weighted by molar-refractivity contribution is 5.82. The maximum absolute atomic E-state index is 12.2. The summed E-state index contributed by atoms with van der Waals surface area (Å²) in [4.78, 5) is 25.0. The lowest BCUT2D eigenvalue weighted by Gasteiger charge is -2.21. The third-order valence-electron chi connectivity index (χ3n) is 3.12. The van der Waals surface area contributed by atoms with Crippen molar-refractivity contribution in [1.29, 1.82) is 0 Å². The number of rotatable bonds is 6. The molecule has 7 heteroatoms. The molecule has 1 aromatic rings. The lowest BCUT2D eigenvalue weighted by atomic mass is 10.3. The van der Waals surface area contributed by atoms with E-state index in [9.17, 15) is 9.59 Å². The predicted molar refractivity (Wildman–Crippen MR) is 75.0 cm³/mol. The summed E-state index contributed by atoms with van der Waals surface area (Å²) in [5.41, 5.74) is 7.88. The van der Waals surface area contributed by atoms with Crippen LogP contribution in [0.25, 0.3) is 0 Å². The van der Waals surface area contributed by atoms with Gasteiger partial charge in [-0.25, -0.2) is 0 Å². The van der Waals surface area contributed by atoms with E-state index in [0.717, 1.165) is 12.1 Å². The second-order valence-electron chi connectivity index (χ2n) is 4.63. The van der Waals surface area contributed by atoms with Crippen molar-refractivity contribution in [3.63, 3.8) is 0 Å². The highest BCUT2D eigenvalue weighted by atomic mass is 16.5. The second-order valence-corrected chi connectivity index (χ2v) is 4.63. The van der Waals surface area contributed by atoms with E-state index < -0.39 is 5.97 Å². The molecular weight excluding hydrogens is 260 g/mol. The van der Waals surface area contributed by atoms with Gasteiger partial charge in [-0.3, -0.25) is 14.3 Å². The Labute approximate surface area is 118 Å². The van der Waals surface area contributed by atoms with Gasteiger partial charge >= 0.3 is 5.97 Å². The first-order valence-corrected chi connectivity index (χ1v) is 6.54. The molecule has 0 aliphatic heterocycles. The van der Waals surface area contributed by atoms with Crippen LogP contribution in [0.3, 0.4) is 0 Å². The lowest BCUT2D eigenvalue weighted by molar-refractivity contribution is -0.147. The van der Waals surface area contributed by atoms with E-state index in [2.05, 4.69) is 9.84 Å². The molecule has 0 saturated carbocycles. The first-order valence-electron chi connectivity index (χ1n) is 6.54. The van der Waals surface area contributed by atoms with Crippen LogP contribution in [0.5, 0.6) is 0 Å². The van der Waals surface area contributed by atoms with Gasteiger partial charge in [-0.15, -0.1) is 0 Å². The summed E-state index contributed by atoms with van der Waals surface area (Å²) in [6.07, 6.45) is 0.766. The number of amides is 1. The molecule has 0 bridgehead atoms. The number of ether oxygens (including phenoxy) is 1. The molecule has 112 valence electrons. The van der Waals surface area contributed by atoms with Gasteiger partial charge in [-0.05, 0) is 20.3 Å². The number of esters is 1. The Morgan fingerprint density at radius 1 is 1.40 bits per heavy atom. The van der Waals surface area contributed by atoms with E-state index in [1.165, 1.54) is 12.0 Å². The van der Waals surface area contributed by atoms with Crippen molar-refractivity contribution in [2.75, 3.05) is 25.9 Å². The molecule has 0 aliphatic rings. The van der Waals surface area contributed by atoms with Gasteiger partial charge in [0, 0.05) is 6.54 Å². The molecule has 20 heavy (non-hydrogen) atoms. The fraction of sp³-hybridized carbons (Fsp3) is 0.615. The van der Waals surface area contributed by atoms with Gasteiger partial charge in [0.15, 0.2) is 0 Å². The Bertz CT molecular complexity index is 496. The summed E-state index contributed by atoms with van der Waals surface area (Å²) in [6, 6.07) is 0. The number of carbonyl (C=O) groups is 2.